The average molecular weight is 929 g/mol. The maximum atomic E-state index is 8.36. The Balaban J connectivity index is 0.000000285. The molecular formula is C38H37Cl2GaN13O3S2+. The molecule has 4 aromatic heterocycles. The number of fused-ring (bicyclic) bond motifs is 2. The third-order valence-corrected chi connectivity index (χ3v) is 8.40. The van der Waals surface area contributed by atoms with Crippen LogP contribution in [0.4, 0.5) is 11.4 Å². The van der Waals surface area contributed by atoms with Crippen LogP contribution in [0.2, 0.25) is 10.0 Å². The summed E-state index contributed by atoms with van der Waals surface area (Å²) in [5, 5.41) is 32.8. The van der Waals surface area contributed by atoms with Crippen LogP contribution in [0.1, 0.15) is 25.2 Å². The third kappa shape index (κ3) is 17.0. The van der Waals surface area contributed by atoms with E-state index in [1.54, 1.807) is 24.8 Å². The van der Waals surface area contributed by atoms with Gasteiger partial charge in [-0.1, -0.05) is 35.3 Å². The second kappa shape index (κ2) is 25.6. The minimum atomic E-state index is -1.50. The fourth-order valence-electron chi connectivity index (χ4n) is 4.85. The third-order valence-electron chi connectivity index (χ3n) is 7.48. The minimum Gasteiger partial charge on any atom is -0.741 e. The van der Waals surface area contributed by atoms with Gasteiger partial charge in [-0.3, -0.25) is 40.8 Å². The van der Waals surface area contributed by atoms with Gasteiger partial charge in [0.05, 0.1) is 46.9 Å². The van der Waals surface area contributed by atoms with Gasteiger partial charge in [-0.05, 0) is 97.0 Å². The van der Waals surface area contributed by atoms with E-state index < -0.39 is 5.09 Å². The normalized spacial score (nSPS) is 11.6. The maximum absolute atomic E-state index is 8.36. The van der Waals surface area contributed by atoms with Gasteiger partial charge in [-0.15, -0.1) is 10.1 Å². The Morgan fingerprint density at radius 3 is 1.46 bits per heavy atom. The summed E-state index contributed by atoms with van der Waals surface area (Å²) in [4.78, 5) is 34.1. The molecular weight excluding hydrogens is 891 g/mol. The van der Waals surface area contributed by atoms with Gasteiger partial charge < -0.3 is 41.1 Å². The first-order valence-corrected chi connectivity index (χ1v) is 18.8. The van der Waals surface area contributed by atoms with E-state index in [2.05, 4.69) is 61.6 Å². The molecule has 21 heteroatoms. The zero-order valence-corrected chi connectivity index (χ0v) is 37.2. The first kappa shape index (κ1) is 47.7. The topological polar surface area (TPSA) is 212 Å². The number of rotatable bonds is 12. The van der Waals surface area contributed by atoms with Crippen LogP contribution in [-0.2, 0) is 25.3 Å². The van der Waals surface area contributed by atoms with Crippen molar-refractivity contribution in [2.75, 3.05) is 36.8 Å². The largest absolute Gasteiger partial charge is 3.00 e. The first-order valence-electron chi connectivity index (χ1n) is 17.3. The van der Waals surface area contributed by atoms with Crippen molar-refractivity contribution in [1.82, 2.24) is 30.8 Å². The van der Waals surface area contributed by atoms with E-state index in [0.29, 0.717) is 46.6 Å². The van der Waals surface area contributed by atoms with Crippen molar-refractivity contribution in [3.8, 4) is 0 Å². The Morgan fingerprint density at radius 2 is 1.08 bits per heavy atom. The number of aliphatic imine (C=N–C) groups is 2. The van der Waals surface area contributed by atoms with E-state index in [4.69, 9.17) is 63.8 Å². The van der Waals surface area contributed by atoms with Crippen LogP contribution in [0, 0.1) is 10.1 Å². The summed E-state index contributed by atoms with van der Waals surface area (Å²) >= 11 is 22.4. The molecule has 4 heterocycles. The number of halogens is 2. The minimum absolute atomic E-state index is 0. The van der Waals surface area contributed by atoms with Gasteiger partial charge in [-0.2, -0.15) is 10.2 Å². The number of nitrogens with zero attached hydrogens (tertiary/aromatic N) is 9. The van der Waals surface area contributed by atoms with Crippen molar-refractivity contribution < 1.29 is 10.3 Å². The van der Waals surface area contributed by atoms with E-state index in [9.17, 15) is 0 Å². The van der Waals surface area contributed by atoms with E-state index >= 15 is 0 Å². The van der Waals surface area contributed by atoms with E-state index in [-0.39, 0.29) is 19.8 Å². The molecule has 6 rings (SSSR count). The number of amidine groups is 2. The van der Waals surface area contributed by atoms with Gasteiger partial charge in [0.2, 0.25) is 0 Å². The standard InChI is InChI=1S/2C19H19ClN6S.Ga.HNO3/c2*1-13(16-4-2-3-8-21-16)25-26-19(27)24-11-10-23-17-7-9-22-18-12-14(20)5-6-15(17)18;;2-1(3)4/h2*2-9,12H,10-11H2,1H3,(H,22,23)(H2,24,26,27);;(H,2,3,4)/q;;+3;/p-2/b2*25-13+;;. The van der Waals surface area contributed by atoms with Crippen LogP contribution in [0.15, 0.2) is 130 Å². The van der Waals surface area contributed by atoms with E-state index in [0.717, 1.165) is 56.0 Å². The Hall–Kier alpha value is -5.70. The van der Waals surface area contributed by atoms with Gasteiger partial charge in [0.1, 0.15) is 0 Å². The number of aromatic nitrogens is 4. The van der Waals surface area contributed by atoms with Gasteiger partial charge in [0, 0.05) is 70.1 Å². The molecule has 0 aliphatic heterocycles. The van der Waals surface area contributed by atoms with Gasteiger partial charge in [-0.25, -0.2) is 0 Å². The van der Waals surface area contributed by atoms with E-state index in [1.165, 1.54) is 0 Å². The van der Waals surface area contributed by atoms with Gasteiger partial charge in [0.25, 0.3) is 5.09 Å². The second-order valence-electron chi connectivity index (χ2n) is 11.6. The van der Waals surface area contributed by atoms with Crippen molar-refractivity contribution in [2.45, 2.75) is 13.8 Å². The molecule has 0 aliphatic carbocycles. The number of hydrogen-bond donors (Lipinski definition) is 5. The molecule has 2 aromatic carbocycles. The maximum Gasteiger partial charge on any atom is 3.00 e. The molecule has 0 fully saturated rings. The van der Waals surface area contributed by atoms with Crippen LogP contribution < -0.4 is 21.5 Å². The number of pyridine rings is 4. The van der Waals surface area contributed by atoms with Gasteiger partial charge in [0.15, 0.2) is 0 Å². The van der Waals surface area contributed by atoms with Crippen molar-refractivity contribution in [2.24, 2.45) is 20.2 Å². The molecule has 0 saturated heterocycles. The number of anilines is 2. The SMILES string of the molecule is C/C(=N\NC([S-])=NCCNc1ccnc2cc(Cl)ccc12)c1ccccn1.C/C(=N\NC([S-])=NCCNc1ccnc2cc(Cl)ccc12)c1ccccn1.O=[N+]([O-])O.[Ga+3]. The Kier molecular flexibility index (Phi) is 20.7. The fourth-order valence-corrected chi connectivity index (χ4v) is 5.46. The van der Waals surface area contributed by atoms with Gasteiger partial charge >= 0.3 is 19.8 Å². The average Bonchev–Trinajstić information content (AvgIpc) is 3.22. The Labute approximate surface area is 374 Å². The number of hydrogen-bond acceptors (Lipinski definition) is 14. The van der Waals surface area contributed by atoms with Crippen LogP contribution in [0.25, 0.3) is 21.8 Å². The predicted octanol–water partition coefficient (Wildman–Crippen LogP) is 6.50. The monoisotopic (exact) mass is 926 g/mol. The number of nitrogens with one attached hydrogen (secondary N) is 4. The fraction of sp³-hybridized carbons (Fsp3) is 0.158. The van der Waals surface area contributed by atoms with Crippen LogP contribution in [-0.4, -0.2) is 98.0 Å². The molecule has 0 aliphatic rings. The quantitative estimate of drug-likeness (QED) is 0.0169. The zero-order valence-electron chi connectivity index (χ0n) is 31.7. The Morgan fingerprint density at radius 1 is 0.678 bits per heavy atom. The summed E-state index contributed by atoms with van der Waals surface area (Å²) in [5.74, 6) is 0. The summed E-state index contributed by atoms with van der Waals surface area (Å²) in [6.07, 6.45) is 6.94. The molecule has 0 radical (unpaired) electrons. The Bertz CT molecular complexity index is 2230. The summed E-state index contributed by atoms with van der Waals surface area (Å²) < 4.78 is 0. The molecule has 300 valence electrons. The molecule has 0 unspecified atom stereocenters. The molecule has 16 nitrogen and oxygen atoms in total. The number of hydrazone groups is 2. The second-order valence-corrected chi connectivity index (χ2v) is 13.2. The predicted molar refractivity (Wildman–Crippen MR) is 244 cm³/mol. The van der Waals surface area contributed by atoms with E-state index in [1.807, 2.05) is 98.8 Å². The number of benzene rings is 2. The van der Waals surface area contributed by atoms with Crippen LogP contribution in [0.5, 0.6) is 0 Å². The molecule has 0 spiro atoms. The summed E-state index contributed by atoms with van der Waals surface area (Å²) in [7, 11) is 0. The molecule has 6 aromatic rings. The van der Waals surface area contributed by atoms with Crippen molar-refractivity contribution in [3.63, 3.8) is 0 Å². The molecule has 0 atom stereocenters. The van der Waals surface area contributed by atoms with Crippen LogP contribution >= 0.6 is 23.2 Å². The van der Waals surface area contributed by atoms with Crippen molar-refractivity contribution >= 4 is 123 Å². The summed E-state index contributed by atoms with van der Waals surface area (Å²) in [5.41, 5.74) is 12.3. The molecule has 0 amide bonds. The molecule has 59 heavy (non-hydrogen) atoms. The molecule has 5 N–H and O–H groups in total. The van der Waals surface area contributed by atoms with Crippen LogP contribution in [0.3, 0.4) is 0 Å². The molecule has 0 saturated carbocycles. The summed E-state index contributed by atoms with van der Waals surface area (Å²) in [6.45, 7) is 6.02. The first-order chi connectivity index (χ1) is 28.0. The summed E-state index contributed by atoms with van der Waals surface area (Å²) in [6, 6.07) is 26.4. The smallest absolute Gasteiger partial charge is 0.741 e. The van der Waals surface area contributed by atoms with Crippen molar-refractivity contribution in [3.05, 3.63) is 141 Å². The van der Waals surface area contributed by atoms with Crippen molar-refractivity contribution in [1.29, 1.82) is 0 Å². The molecule has 0 bridgehead atoms. The zero-order chi connectivity index (χ0) is 41.7.